The molecule has 0 saturated heterocycles. The SMILES string of the molecule is CCc1ccc(CC)c(CNC(=O)CCCN(c2ccc(OC)c(Cl)c2)S(C)(=O)=O)c1. The summed E-state index contributed by atoms with van der Waals surface area (Å²) in [5.41, 5.74) is 4.03. The molecule has 0 bridgehead atoms. The second-order valence-electron chi connectivity index (χ2n) is 7.34. The van der Waals surface area contributed by atoms with Gasteiger partial charge in [0.1, 0.15) is 5.75 Å². The number of rotatable bonds is 11. The minimum Gasteiger partial charge on any atom is -0.495 e. The van der Waals surface area contributed by atoms with Crippen LogP contribution in [0.2, 0.25) is 5.02 Å². The molecule has 2 rings (SSSR count). The highest BCUT2D eigenvalue weighted by atomic mass is 35.5. The van der Waals surface area contributed by atoms with E-state index in [1.165, 1.54) is 22.5 Å². The molecule has 0 heterocycles. The molecule has 2 aromatic carbocycles. The number of benzene rings is 2. The molecule has 0 atom stereocenters. The summed E-state index contributed by atoms with van der Waals surface area (Å²) in [6, 6.07) is 11.2. The smallest absolute Gasteiger partial charge is 0.232 e. The molecule has 31 heavy (non-hydrogen) atoms. The summed E-state index contributed by atoms with van der Waals surface area (Å²) < 4.78 is 30.9. The molecule has 1 N–H and O–H groups in total. The maximum atomic E-state index is 12.4. The van der Waals surface area contributed by atoms with Crippen molar-refractivity contribution in [1.82, 2.24) is 5.32 Å². The van der Waals surface area contributed by atoms with Gasteiger partial charge in [-0.2, -0.15) is 0 Å². The van der Waals surface area contributed by atoms with Gasteiger partial charge in [0.25, 0.3) is 0 Å². The van der Waals surface area contributed by atoms with Crippen LogP contribution in [0, 0.1) is 0 Å². The van der Waals surface area contributed by atoms with Crippen LogP contribution in [0.4, 0.5) is 5.69 Å². The number of aryl methyl sites for hydroxylation is 2. The van der Waals surface area contributed by atoms with Crippen LogP contribution >= 0.6 is 11.6 Å². The zero-order valence-corrected chi connectivity index (χ0v) is 20.1. The Kier molecular flexibility index (Phi) is 9.19. The highest BCUT2D eigenvalue weighted by Crippen LogP contribution is 2.30. The normalized spacial score (nSPS) is 11.3. The lowest BCUT2D eigenvalue weighted by molar-refractivity contribution is -0.121. The molecule has 1 amide bonds. The largest absolute Gasteiger partial charge is 0.495 e. The number of hydrogen-bond acceptors (Lipinski definition) is 4. The second kappa shape index (κ2) is 11.4. The van der Waals surface area contributed by atoms with Gasteiger partial charge in [-0.15, -0.1) is 0 Å². The molecule has 170 valence electrons. The van der Waals surface area contributed by atoms with Crippen molar-refractivity contribution in [3.63, 3.8) is 0 Å². The molecular formula is C23H31ClN2O4S. The first-order valence-corrected chi connectivity index (χ1v) is 12.6. The zero-order chi connectivity index (χ0) is 23.0. The topological polar surface area (TPSA) is 75.7 Å². The molecule has 0 unspecified atom stereocenters. The number of amides is 1. The van der Waals surface area contributed by atoms with E-state index >= 15 is 0 Å². The Morgan fingerprint density at radius 3 is 2.42 bits per heavy atom. The third-order valence-electron chi connectivity index (χ3n) is 5.12. The number of anilines is 1. The van der Waals surface area contributed by atoms with Crippen molar-refractivity contribution in [1.29, 1.82) is 0 Å². The molecule has 2 aromatic rings. The number of nitrogens with zero attached hydrogens (tertiary/aromatic N) is 1. The molecule has 0 radical (unpaired) electrons. The molecule has 0 fully saturated rings. The van der Waals surface area contributed by atoms with Crippen LogP contribution in [0.3, 0.4) is 0 Å². The average Bonchev–Trinajstić information content (AvgIpc) is 2.74. The fourth-order valence-electron chi connectivity index (χ4n) is 3.37. The third-order valence-corrected chi connectivity index (χ3v) is 6.61. The maximum Gasteiger partial charge on any atom is 0.232 e. The number of methoxy groups -OCH3 is 1. The van der Waals surface area contributed by atoms with Gasteiger partial charge in [0.05, 0.1) is 24.1 Å². The number of ether oxygens (including phenoxy) is 1. The number of sulfonamides is 1. The van der Waals surface area contributed by atoms with Crippen LogP contribution in [-0.2, 0) is 34.2 Å². The number of carbonyl (C=O) groups is 1. The van der Waals surface area contributed by atoms with Gasteiger partial charge in [-0.05, 0) is 54.2 Å². The van der Waals surface area contributed by atoms with Crippen LogP contribution in [0.5, 0.6) is 5.75 Å². The number of hydrogen-bond donors (Lipinski definition) is 1. The van der Waals surface area contributed by atoms with Crippen molar-refractivity contribution in [2.75, 3.05) is 24.2 Å². The molecule has 0 aromatic heterocycles. The molecule has 0 saturated carbocycles. The number of nitrogens with one attached hydrogen (secondary N) is 1. The van der Waals surface area contributed by atoms with Crippen LogP contribution in [-0.4, -0.2) is 34.2 Å². The van der Waals surface area contributed by atoms with Gasteiger partial charge in [-0.3, -0.25) is 9.10 Å². The summed E-state index contributed by atoms with van der Waals surface area (Å²) in [4.78, 5) is 12.4. The van der Waals surface area contributed by atoms with E-state index < -0.39 is 10.0 Å². The monoisotopic (exact) mass is 466 g/mol. The summed E-state index contributed by atoms with van der Waals surface area (Å²) >= 11 is 6.14. The van der Waals surface area contributed by atoms with Gasteiger partial charge < -0.3 is 10.1 Å². The van der Waals surface area contributed by atoms with E-state index in [1.807, 2.05) is 0 Å². The lowest BCUT2D eigenvalue weighted by atomic mass is 10.0. The molecule has 0 spiro atoms. The zero-order valence-electron chi connectivity index (χ0n) is 18.6. The Balaban J connectivity index is 1.97. The average molecular weight is 467 g/mol. The summed E-state index contributed by atoms with van der Waals surface area (Å²) in [5.74, 6) is 0.363. The summed E-state index contributed by atoms with van der Waals surface area (Å²) in [5, 5.41) is 3.28. The third kappa shape index (κ3) is 7.14. The van der Waals surface area contributed by atoms with E-state index in [-0.39, 0.29) is 18.9 Å². The predicted molar refractivity (Wildman–Crippen MR) is 126 cm³/mol. The van der Waals surface area contributed by atoms with E-state index in [4.69, 9.17) is 16.3 Å². The van der Waals surface area contributed by atoms with Crippen molar-refractivity contribution >= 4 is 33.2 Å². The maximum absolute atomic E-state index is 12.4. The van der Waals surface area contributed by atoms with Gasteiger partial charge >= 0.3 is 0 Å². The Morgan fingerprint density at radius 1 is 1.10 bits per heavy atom. The number of halogens is 1. The minimum absolute atomic E-state index is 0.106. The summed E-state index contributed by atoms with van der Waals surface area (Å²) in [6.45, 7) is 4.85. The van der Waals surface area contributed by atoms with Gasteiger partial charge in [-0.25, -0.2) is 8.42 Å². The Bertz CT molecular complexity index is 1010. The first-order valence-electron chi connectivity index (χ1n) is 10.4. The highest BCUT2D eigenvalue weighted by Gasteiger charge is 2.19. The van der Waals surface area contributed by atoms with Gasteiger partial charge in [0.15, 0.2) is 0 Å². The molecule has 6 nitrogen and oxygen atoms in total. The van der Waals surface area contributed by atoms with Crippen molar-refractivity contribution in [2.24, 2.45) is 0 Å². The van der Waals surface area contributed by atoms with Crippen molar-refractivity contribution in [2.45, 2.75) is 46.1 Å². The van der Waals surface area contributed by atoms with E-state index in [2.05, 4.69) is 37.4 Å². The van der Waals surface area contributed by atoms with Crippen molar-refractivity contribution in [3.05, 3.63) is 58.1 Å². The lowest BCUT2D eigenvalue weighted by Crippen LogP contribution is -2.32. The van der Waals surface area contributed by atoms with E-state index in [1.54, 1.807) is 18.2 Å². The van der Waals surface area contributed by atoms with Gasteiger partial charge in [-0.1, -0.05) is 43.6 Å². The molecule has 0 aliphatic rings. The molecule has 0 aliphatic carbocycles. The molecule has 0 aliphatic heterocycles. The van der Waals surface area contributed by atoms with Gasteiger partial charge in [0.2, 0.25) is 15.9 Å². The first kappa shape index (κ1) is 25.0. The highest BCUT2D eigenvalue weighted by molar-refractivity contribution is 7.92. The van der Waals surface area contributed by atoms with E-state index in [0.29, 0.717) is 29.4 Å². The fourth-order valence-corrected chi connectivity index (χ4v) is 4.58. The van der Waals surface area contributed by atoms with Crippen LogP contribution in [0.1, 0.15) is 43.4 Å². The van der Waals surface area contributed by atoms with Crippen LogP contribution < -0.4 is 14.4 Å². The minimum atomic E-state index is -3.52. The lowest BCUT2D eigenvalue weighted by Gasteiger charge is -2.23. The second-order valence-corrected chi connectivity index (χ2v) is 9.66. The Morgan fingerprint density at radius 2 is 1.84 bits per heavy atom. The van der Waals surface area contributed by atoms with Gasteiger partial charge in [0, 0.05) is 19.5 Å². The quantitative estimate of drug-likeness (QED) is 0.534. The standard InChI is InChI=1S/C23H31ClN2O4S/c1-5-17-9-10-18(6-2)19(14-17)16-25-23(27)8-7-13-26(31(4,28)29)20-11-12-22(30-3)21(24)15-20/h9-12,14-15H,5-8,13,16H2,1-4H3,(H,25,27). The number of carbonyl (C=O) groups excluding carboxylic acids is 1. The summed E-state index contributed by atoms with van der Waals surface area (Å²) in [6.07, 6.45) is 3.60. The molecule has 8 heteroatoms. The Labute approximate surface area is 190 Å². The first-order chi connectivity index (χ1) is 14.7. The van der Waals surface area contributed by atoms with Crippen LogP contribution in [0.25, 0.3) is 0 Å². The predicted octanol–water partition coefficient (Wildman–Crippen LogP) is 4.34. The fraction of sp³-hybridized carbons (Fsp3) is 0.435. The van der Waals surface area contributed by atoms with Crippen molar-refractivity contribution < 1.29 is 17.9 Å². The van der Waals surface area contributed by atoms with E-state index in [9.17, 15) is 13.2 Å². The van der Waals surface area contributed by atoms with Crippen LogP contribution in [0.15, 0.2) is 36.4 Å². The Hall–Kier alpha value is -2.25. The summed E-state index contributed by atoms with van der Waals surface area (Å²) in [7, 11) is -2.03. The van der Waals surface area contributed by atoms with E-state index in [0.717, 1.165) is 24.7 Å². The molecular weight excluding hydrogens is 436 g/mol. The van der Waals surface area contributed by atoms with Crippen molar-refractivity contribution in [3.8, 4) is 5.75 Å².